The van der Waals surface area contributed by atoms with E-state index in [4.69, 9.17) is 0 Å². The second-order valence-corrected chi connectivity index (χ2v) is 7.35. The van der Waals surface area contributed by atoms with E-state index in [1.165, 1.54) is 6.07 Å². The van der Waals surface area contributed by atoms with Gasteiger partial charge in [-0.15, -0.1) is 11.3 Å². The highest BCUT2D eigenvalue weighted by atomic mass is 32.2. The summed E-state index contributed by atoms with van der Waals surface area (Å²) in [6, 6.07) is 4.61. The van der Waals surface area contributed by atoms with Crippen LogP contribution in [0.15, 0.2) is 18.2 Å². The van der Waals surface area contributed by atoms with Crippen LogP contribution in [0.25, 0.3) is 10.1 Å². The van der Waals surface area contributed by atoms with Crippen LogP contribution in [0, 0.1) is 5.82 Å². The van der Waals surface area contributed by atoms with E-state index in [-0.39, 0.29) is 11.4 Å². The maximum absolute atomic E-state index is 14.0. The van der Waals surface area contributed by atoms with Crippen molar-refractivity contribution >= 4 is 38.2 Å². The number of fused-ring (bicyclic) bond motifs is 1. The van der Waals surface area contributed by atoms with Crippen molar-refractivity contribution < 1.29 is 18.5 Å². The zero-order valence-electron chi connectivity index (χ0n) is 11.5. The highest BCUT2D eigenvalue weighted by Crippen LogP contribution is 2.33. The molecule has 0 aliphatic carbocycles. The van der Waals surface area contributed by atoms with E-state index >= 15 is 0 Å². The number of carbonyl (C=O) groups is 1. The summed E-state index contributed by atoms with van der Waals surface area (Å²) in [5, 5.41) is 12.7. The second-order valence-electron chi connectivity index (χ2n) is 4.44. The van der Waals surface area contributed by atoms with Crippen LogP contribution < -0.4 is 5.32 Å². The summed E-state index contributed by atoms with van der Waals surface area (Å²) >= 11 is 1.08. The van der Waals surface area contributed by atoms with Gasteiger partial charge in [-0.1, -0.05) is 13.0 Å². The predicted octanol–water partition coefficient (Wildman–Crippen LogP) is 2.60. The van der Waals surface area contributed by atoms with E-state index in [0.717, 1.165) is 11.3 Å². The lowest BCUT2D eigenvalue weighted by Gasteiger charge is -2.05. The fraction of sp³-hybridized carbons (Fsp3) is 0.357. The van der Waals surface area contributed by atoms with Crippen LogP contribution in [0.2, 0.25) is 0 Å². The Morgan fingerprint density at radius 3 is 2.90 bits per heavy atom. The third-order valence-corrected chi connectivity index (χ3v) is 5.58. The Balaban J connectivity index is 2.22. The maximum atomic E-state index is 14.0. The molecule has 0 aliphatic heterocycles. The van der Waals surface area contributed by atoms with Gasteiger partial charge in [-0.25, -0.2) is 9.18 Å². The molecule has 1 aromatic heterocycles. The Kier molecular flexibility index (Phi) is 5.44. The Bertz CT molecular complexity index is 684. The minimum atomic E-state index is -1.05. The van der Waals surface area contributed by atoms with Gasteiger partial charge >= 0.3 is 5.97 Å². The molecule has 0 radical (unpaired) electrons. The average Bonchev–Trinajstić information content (AvgIpc) is 2.83. The third-order valence-electron chi connectivity index (χ3n) is 3.09. The largest absolute Gasteiger partial charge is 0.477 e. The van der Waals surface area contributed by atoms with Gasteiger partial charge in [0.25, 0.3) is 0 Å². The summed E-state index contributed by atoms with van der Waals surface area (Å²) in [6.07, 6.45) is 0. The lowest BCUT2D eigenvalue weighted by molar-refractivity contribution is 0.0701. The molecular formula is C14H16FNO3S2. The number of halogens is 1. The number of aromatic carboxylic acids is 1. The number of nitrogens with one attached hydrogen (secondary N) is 1. The molecule has 4 nitrogen and oxygen atoms in total. The lowest BCUT2D eigenvalue weighted by atomic mass is 10.1. The minimum absolute atomic E-state index is 0.152. The van der Waals surface area contributed by atoms with Crippen LogP contribution in [-0.2, 0) is 17.3 Å². The van der Waals surface area contributed by atoms with Gasteiger partial charge in [0.1, 0.15) is 10.7 Å². The molecule has 2 aromatic rings. The van der Waals surface area contributed by atoms with Crippen molar-refractivity contribution in [2.45, 2.75) is 13.5 Å². The smallest absolute Gasteiger partial charge is 0.346 e. The standard InChI is InChI=1S/C14H16FNO3S2/c1-2-21(19)7-6-16-8-9-12-10(15)4-3-5-11(12)20-13(9)14(17)18/h3-5,16H,2,6-8H2,1H3,(H,17,18). The summed E-state index contributed by atoms with van der Waals surface area (Å²) < 4.78 is 25.9. The zero-order valence-corrected chi connectivity index (χ0v) is 13.2. The summed E-state index contributed by atoms with van der Waals surface area (Å²) in [4.78, 5) is 11.5. The molecule has 2 N–H and O–H groups in total. The van der Waals surface area contributed by atoms with Crippen molar-refractivity contribution in [1.82, 2.24) is 5.32 Å². The first-order chi connectivity index (χ1) is 10.0. The van der Waals surface area contributed by atoms with Gasteiger partial charge in [0.15, 0.2) is 0 Å². The quantitative estimate of drug-likeness (QED) is 0.766. The van der Waals surface area contributed by atoms with Crippen LogP contribution in [0.3, 0.4) is 0 Å². The van der Waals surface area contributed by atoms with Gasteiger partial charge in [0.05, 0.1) is 0 Å². The van der Waals surface area contributed by atoms with E-state index in [2.05, 4.69) is 5.32 Å². The summed E-state index contributed by atoms with van der Waals surface area (Å²) in [5.74, 6) is -0.364. The Morgan fingerprint density at radius 2 is 2.24 bits per heavy atom. The zero-order chi connectivity index (χ0) is 15.4. The van der Waals surface area contributed by atoms with Crippen LogP contribution >= 0.6 is 11.3 Å². The lowest BCUT2D eigenvalue weighted by Crippen LogP contribution is -2.21. The normalized spacial score (nSPS) is 12.7. The highest BCUT2D eigenvalue weighted by molar-refractivity contribution is 7.84. The van der Waals surface area contributed by atoms with E-state index < -0.39 is 22.6 Å². The average molecular weight is 329 g/mol. The molecule has 0 saturated carbocycles. The molecule has 0 spiro atoms. The number of carboxylic acid groups (broad SMARTS) is 1. The van der Waals surface area contributed by atoms with E-state index in [1.807, 2.05) is 6.92 Å². The molecule has 7 heteroatoms. The number of benzene rings is 1. The molecule has 114 valence electrons. The predicted molar refractivity (Wildman–Crippen MR) is 84.0 cm³/mol. The van der Waals surface area contributed by atoms with Crippen molar-refractivity contribution in [3.63, 3.8) is 0 Å². The number of hydrogen-bond donors (Lipinski definition) is 2. The van der Waals surface area contributed by atoms with Gasteiger partial charge in [-0.05, 0) is 12.1 Å². The molecule has 0 amide bonds. The van der Waals surface area contributed by atoms with Crippen LogP contribution in [0.5, 0.6) is 0 Å². The van der Waals surface area contributed by atoms with E-state index in [9.17, 15) is 18.5 Å². The fourth-order valence-electron chi connectivity index (χ4n) is 2.05. The van der Waals surface area contributed by atoms with Crippen molar-refractivity contribution in [2.75, 3.05) is 18.1 Å². The summed E-state index contributed by atoms with van der Waals surface area (Å²) in [5.41, 5.74) is 0.461. The van der Waals surface area contributed by atoms with Crippen molar-refractivity contribution in [1.29, 1.82) is 0 Å². The second kappa shape index (κ2) is 7.11. The molecule has 0 bridgehead atoms. The molecule has 1 aromatic carbocycles. The Labute approximate surface area is 128 Å². The number of thiophene rings is 1. The third kappa shape index (κ3) is 3.66. The first-order valence-corrected chi connectivity index (χ1v) is 8.84. The molecule has 2 rings (SSSR count). The summed E-state index contributed by atoms with van der Waals surface area (Å²) in [7, 11) is -0.871. The molecule has 1 heterocycles. The first kappa shape index (κ1) is 16.1. The van der Waals surface area contributed by atoms with Gasteiger partial charge in [-0.2, -0.15) is 0 Å². The first-order valence-electron chi connectivity index (χ1n) is 6.53. The summed E-state index contributed by atoms with van der Waals surface area (Å²) in [6.45, 7) is 2.61. The fourth-order valence-corrected chi connectivity index (χ4v) is 3.79. The van der Waals surface area contributed by atoms with E-state index in [1.54, 1.807) is 12.1 Å². The monoisotopic (exact) mass is 329 g/mol. The number of hydrogen-bond acceptors (Lipinski definition) is 4. The molecular weight excluding hydrogens is 313 g/mol. The molecule has 0 fully saturated rings. The molecule has 0 aliphatic rings. The van der Waals surface area contributed by atoms with E-state index in [0.29, 0.717) is 33.7 Å². The van der Waals surface area contributed by atoms with Crippen LogP contribution in [0.1, 0.15) is 22.2 Å². The van der Waals surface area contributed by atoms with Crippen molar-refractivity contribution in [2.24, 2.45) is 0 Å². The van der Waals surface area contributed by atoms with Crippen LogP contribution in [-0.4, -0.2) is 33.3 Å². The van der Waals surface area contributed by atoms with Crippen molar-refractivity contribution in [3.8, 4) is 0 Å². The minimum Gasteiger partial charge on any atom is -0.477 e. The molecule has 0 saturated heterocycles. The van der Waals surface area contributed by atoms with Gasteiger partial charge in [0, 0.05) is 51.0 Å². The number of carboxylic acids is 1. The molecule has 21 heavy (non-hydrogen) atoms. The molecule has 1 atom stereocenters. The van der Waals surface area contributed by atoms with Gasteiger partial charge in [-0.3, -0.25) is 4.21 Å². The maximum Gasteiger partial charge on any atom is 0.346 e. The molecule has 1 unspecified atom stereocenters. The SMILES string of the molecule is CCS(=O)CCNCc1c(C(=O)O)sc2cccc(F)c12. The highest BCUT2D eigenvalue weighted by Gasteiger charge is 2.19. The topological polar surface area (TPSA) is 66.4 Å². The number of rotatable bonds is 7. The Morgan fingerprint density at radius 1 is 1.48 bits per heavy atom. The van der Waals surface area contributed by atoms with Gasteiger partial charge in [0.2, 0.25) is 0 Å². The Hall–Kier alpha value is -1.31. The van der Waals surface area contributed by atoms with Crippen LogP contribution in [0.4, 0.5) is 4.39 Å². The van der Waals surface area contributed by atoms with Crippen molar-refractivity contribution in [3.05, 3.63) is 34.5 Å². The van der Waals surface area contributed by atoms with Gasteiger partial charge < -0.3 is 10.4 Å².